The van der Waals surface area contributed by atoms with E-state index in [0.717, 1.165) is 24.5 Å². The second-order valence-corrected chi connectivity index (χ2v) is 4.24. The first-order chi connectivity index (χ1) is 6.34. The fourth-order valence-corrected chi connectivity index (χ4v) is 2.42. The Morgan fingerprint density at radius 2 is 2.46 bits per heavy atom. The van der Waals surface area contributed by atoms with Crippen molar-refractivity contribution in [3.8, 4) is 0 Å². The van der Waals surface area contributed by atoms with Crippen LogP contribution in [0.15, 0.2) is 5.51 Å². The molecule has 1 aliphatic heterocycles. The lowest BCUT2D eigenvalue weighted by molar-refractivity contribution is 0.304. The van der Waals surface area contributed by atoms with Crippen LogP contribution in [0, 0.1) is 0 Å². The van der Waals surface area contributed by atoms with Crippen molar-refractivity contribution < 1.29 is 0 Å². The lowest BCUT2D eigenvalue weighted by atomic mass is 10.2. The highest BCUT2D eigenvalue weighted by atomic mass is 32.1. The highest BCUT2D eigenvalue weighted by molar-refractivity contribution is 7.14. The smallest absolute Gasteiger partial charge is 0.212 e. The fourth-order valence-electron chi connectivity index (χ4n) is 1.77. The Morgan fingerprint density at radius 1 is 1.54 bits per heavy atom. The average Bonchev–Trinajstić information content (AvgIpc) is 2.64. The van der Waals surface area contributed by atoms with Crippen molar-refractivity contribution in [1.82, 2.24) is 19.5 Å². The van der Waals surface area contributed by atoms with Crippen molar-refractivity contribution in [2.75, 3.05) is 13.6 Å². The standard InChI is InChI=1S/C8H10N4S/c1-11-3-2-6-7(4-11)12-8(10-6)13-5-9-12/h5H,2-4H2,1H3. The highest BCUT2D eigenvalue weighted by Crippen LogP contribution is 2.20. The lowest BCUT2D eigenvalue weighted by Crippen LogP contribution is -2.27. The summed E-state index contributed by atoms with van der Waals surface area (Å²) in [5.74, 6) is 0. The van der Waals surface area contributed by atoms with Gasteiger partial charge in [0.25, 0.3) is 0 Å². The number of hydrogen-bond acceptors (Lipinski definition) is 4. The maximum Gasteiger partial charge on any atom is 0.212 e. The molecule has 3 heterocycles. The average molecular weight is 194 g/mol. The van der Waals surface area contributed by atoms with Crippen molar-refractivity contribution in [3.63, 3.8) is 0 Å². The van der Waals surface area contributed by atoms with Gasteiger partial charge in [0.1, 0.15) is 5.51 Å². The Bertz CT molecular complexity index is 444. The van der Waals surface area contributed by atoms with Gasteiger partial charge in [0.2, 0.25) is 4.96 Å². The molecule has 1 aliphatic rings. The normalized spacial score (nSPS) is 17.9. The Balaban J connectivity index is 2.24. The van der Waals surface area contributed by atoms with Crippen molar-refractivity contribution in [2.45, 2.75) is 13.0 Å². The second-order valence-electron chi connectivity index (χ2n) is 3.43. The van der Waals surface area contributed by atoms with Gasteiger partial charge >= 0.3 is 0 Å². The summed E-state index contributed by atoms with van der Waals surface area (Å²) in [6.07, 6.45) is 1.06. The summed E-state index contributed by atoms with van der Waals surface area (Å²) in [7, 11) is 2.13. The Labute approximate surface area is 79.8 Å². The van der Waals surface area contributed by atoms with Crippen LogP contribution in [0.25, 0.3) is 4.96 Å². The van der Waals surface area contributed by atoms with Crippen LogP contribution in [0.2, 0.25) is 0 Å². The molecule has 0 amide bonds. The van der Waals surface area contributed by atoms with Crippen LogP contribution in [-0.2, 0) is 13.0 Å². The van der Waals surface area contributed by atoms with E-state index in [-0.39, 0.29) is 0 Å². The number of rotatable bonds is 0. The summed E-state index contributed by atoms with van der Waals surface area (Å²) < 4.78 is 1.97. The first-order valence-electron chi connectivity index (χ1n) is 4.33. The van der Waals surface area contributed by atoms with Gasteiger partial charge < -0.3 is 4.90 Å². The topological polar surface area (TPSA) is 33.4 Å². The van der Waals surface area contributed by atoms with E-state index in [4.69, 9.17) is 0 Å². The van der Waals surface area contributed by atoms with Gasteiger partial charge in [-0.15, -0.1) is 0 Å². The summed E-state index contributed by atoms with van der Waals surface area (Å²) in [5, 5.41) is 4.27. The van der Waals surface area contributed by atoms with Gasteiger partial charge in [-0.2, -0.15) is 5.10 Å². The minimum atomic E-state index is 0.972. The Hall–Kier alpha value is -0.940. The second kappa shape index (κ2) is 2.52. The molecule has 0 N–H and O–H groups in total. The third-order valence-electron chi connectivity index (χ3n) is 2.47. The van der Waals surface area contributed by atoms with Gasteiger partial charge in [-0.1, -0.05) is 11.3 Å². The van der Waals surface area contributed by atoms with Gasteiger partial charge in [0, 0.05) is 19.5 Å². The quantitative estimate of drug-likeness (QED) is 0.621. The van der Waals surface area contributed by atoms with Gasteiger partial charge in [0.05, 0.1) is 11.4 Å². The van der Waals surface area contributed by atoms with Crippen LogP contribution in [0.1, 0.15) is 11.4 Å². The first kappa shape index (κ1) is 7.46. The van der Waals surface area contributed by atoms with Gasteiger partial charge in [0.15, 0.2) is 0 Å². The number of nitrogens with zero attached hydrogens (tertiary/aromatic N) is 4. The molecule has 3 rings (SSSR count). The molecule has 68 valence electrons. The van der Waals surface area contributed by atoms with E-state index in [1.54, 1.807) is 11.3 Å². The summed E-state index contributed by atoms with van der Waals surface area (Å²) >= 11 is 1.60. The van der Waals surface area contributed by atoms with E-state index in [9.17, 15) is 0 Å². The SMILES string of the molecule is CN1CCc2nc3scnn3c2C1. The van der Waals surface area contributed by atoms with Crippen LogP contribution in [-0.4, -0.2) is 33.1 Å². The van der Waals surface area contributed by atoms with Crippen molar-refractivity contribution in [1.29, 1.82) is 0 Å². The number of hydrogen-bond donors (Lipinski definition) is 0. The zero-order valence-electron chi connectivity index (χ0n) is 7.40. The van der Waals surface area contributed by atoms with Crippen molar-refractivity contribution >= 4 is 16.3 Å². The molecular weight excluding hydrogens is 184 g/mol. The maximum atomic E-state index is 4.54. The molecular formula is C8H10N4S. The Morgan fingerprint density at radius 3 is 3.38 bits per heavy atom. The lowest BCUT2D eigenvalue weighted by Gasteiger charge is -2.20. The van der Waals surface area contributed by atoms with E-state index >= 15 is 0 Å². The number of likely N-dealkylation sites (N-methyl/N-ethyl adjacent to an activating group) is 1. The zero-order chi connectivity index (χ0) is 8.84. The number of aromatic nitrogens is 3. The summed E-state index contributed by atoms with van der Waals surface area (Å²) in [6.45, 7) is 2.08. The zero-order valence-corrected chi connectivity index (χ0v) is 8.21. The van der Waals surface area contributed by atoms with Gasteiger partial charge in [-0.3, -0.25) is 0 Å². The molecule has 13 heavy (non-hydrogen) atoms. The number of imidazole rings is 1. The minimum absolute atomic E-state index is 0.972. The highest BCUT2D eigenvalue weighted by Gasteiger charge is 2.19. The van der Waals surface area contributed by atoms with Gasteiger partial charge in [-0.05, 0) is 7.05 Å². The molecule has 0 saturated heterocycles. The molecule has 0 spiro atoms. The Kier molecular flexibility index (Phi) is 1.45. The van der Waals surface area contributed by atoms with Gasteiger partial charge in [-0.25, -0.2) is 9.50 Å². The molecule has 4 nitrogen and oxygen atoms in total. The summed E-state index contributed by atoms with van der Waals surface area (Å²) in [5.41, 5.74) is 4.35. The maximum absolute atomic E-state index is 4.54. The minimum Gasteiger partial charge on any atom is -0.300 e. The molecule has 0 atom stereocenters. The number of fused-ring (bicyclic) bond motifs is 3. The molecule has 0 fully saturated rings. The predicted octanol–water partition coefficient (Wildman–Crippen LogP) is 0.779. The van der Waals surface area contributed by atoms with Crippen molar-refractivity contribution in [3.05, 3.63) is 16.9 Å². The summed E-state index contributed by atoms with van der Waals surface area (Å²) in [6, 6.07) is 0. The summed E-state index contributed by atoms with van der Waals surface area (Å²) in [4.78, 5) is 7.87. The van der Waals surface area contributed by atoms with Crippen LogP contribution in [0.5, 0.6) is 0 Å². The molecule has 0 saturated carbocycles. The van der Waals surface area contributed by atoms with Crippen LogP contribution in [0.4, 0.5) is 0 Å². The molecule has 0 bridgehead atoms. The van der Waals surface area contributed by atoms with E-state index in [1.807, 2.05) is 10.0 Å². The van der Waals surface area contributed by atoms with E-state index in [0.29, 0.717) is 0 Å². The molecule has 0 unspecified atom stereocenters. The monoisotopic (exact) mass is 194 g/mol. The molecule has 0 radical (unpaired) electrons. The van der Waals surface area contributed by atoms with E-state index in [2.05, 4.69) is 22.0 Å². The molecule has 0 aliphatic carbocycles. The third kappa shape index (κ3) is 1.00. The van der Waals surface area contributed by atoms with Crippen molar-refractivity contribution in [2.24, 2.45) is 0 Å². The van der Waals surface area contributed by atoms with Crippen LogP contribution >= 0.6 is 11.3 Å². The first-order valence-corrected chi connectivity index (χ1v) is 5.21. The fraction of sp³-hybridized carbons (Fsp3) is 0.500. The molecule has 0 aromatic carbocycles. The van der Waals surface area contributed by atoms with E-state index in [1.165, 1.54) is 11.4 Å². The van der Waals surface area contributed by atoms with E-state index < -0.39 is 0 Å². The van der Waals surface area contributed by atoms with Crippen LogP contribution < -0.4 is 0 Å². The third-order valence-corrected chi connectivity index (χ3v) is 3.15. The molecule has 5 heteroatoms. The molecule has 2 aromatic heterocycles. The molecule has 2 aromatic rings. The predicted molar refractivity (Wildman–Crippen MR) is 50.9 cm³/mol. The van der Waals surface area contributed by atoms with Crippen LogP contribution in [0.3, 0.4) is 0 Å². The largest absolute Gasteiger partial charge is 0.300 e.